The largest absolute Gasteiger partial charge is 0.507 e. The van der Waals surface area contributed by atoms with Crippen LogP contribution in [0.2, 0.25) is 0 Å². The van der Waals surface area contributed by atoms with Gasteiger partial charge in [-0.2, -0.15) is 0 Å². The van der Waals surface area contributed by atoms with Crippen LogP contribution in [0.4, 0.5) is 0 Å². The van der Waals surface area contributed by atoms with Gasteiger partial charge in [0, 0.05) is 0 Å². The molecule has 202 valence electrons. The number of rotatable bonds is 5. The van der Waals surface area contributed by atoms with Gasteiger partial charge in [0.15, 0.2) is 0 Å². The average Bonchev–Trinajstić information content (AvgIpc) is 2.67. The Kier molecular flexibility index (Phi) is 8.18. The first-order valence-corrected chi connectivity index (χ1v) is 13.7. The van der Waals surface area contributed by atoms with Crippen molar-refractivity contribution in [2.75, 3.05) is 0 Å². The molecule has 0 aliphatic carbocycles. The van der Waals surface area contributed by atoms with E-state index < -0.39 is 0 Å². The van der Waals surface area contributed by atoms with E-state index in [9.17, 15) is 10.2 Å². The Bertz CT molecular complexity index is 923. The minimum absolute atomic E-state index is 0.0442. The Morgan fingerprint density at radius 3 is 0.861 bits per heavy atom. The van der Waals surface area contributed by atoms with E-state index in [0.29, 0.717) is 11.5 Å². The van der Waals surface area contributed by atoms with Crippen molar-refractivity contribution in [1.82, 2.24) is 0 Å². The molecule has 2 N–H and O–H groups in total. The van der Waals surface area contributed by atoms with Crippen molar-refractivity contribution < 1.29 is 10.2 Å². The number of hydrogen-bond donors (Lipinski definition) is 2. The lowest BCUT2D eigenvalue weighted by Crippen LogP contribution is -2.25. The molecule has 0 amide bonds. The van der Waals surface area contributed by atoms with E-state index in [0.717, 1.165) is 41.5 Å². The summed E-state index contributed by atoms with van der Waals surface area (Å²) in [5.74, 6) is 0.889. The van der Waals surface area contributed by atoms with Crippen molar-refractivity contribution in [3.8, 4) is 11.5 Å². The molecular weight excluding hydrogens is 440 g/mol. The minimum atomic E-state index is -0.136. The molecule has 36 heavy (non-hydrogen) atoms. The molecule has 0 spiro atoms. The topological polar surface area (TPSA) is 40.5 Å². The third kappa shape index (κ3) is 6.87. The zero-order chi connectivity index (χ0) is 28.1. The smallest absolute Gasteiger partial charge is 0.123 e. The van der Waals surface area contributed by atoms with Crippen LogP contribution < -0.4 is 0 Å². The molecule has 0 aliphatic rings. The van der Waals surface area contributed by atoms with Gasteiger partial charge in [0.05, 0.1) is 0 Å². The average molecular weight is 495 g/mol. The second kappa shape index (κ2) is 9.73. The lowest BCUT2D eigenvalue weighted by atomic mass is 9.71. The van der Waals surface area contributed by atoms with Gasteiger partial charge in [0.25, 0.3) is 0 Å². The van der Waals surface area contributed by atoms with Crippen molar-refractivity contribution in [2.45, 2.75) is 138 Å². The van der Waals surface area contributed by atoms with Crippen LogP contribution in [0, 0.1) is 5.41 Å². The zero-order valence-corrected chi connectivity index (χ0v) is 25.8. The third-order valence-electron chi connectivity index (χ3n) is 7.69. The highest BCUT2D eigenvalue weighted by molar-refractivity contribution is 5.51. The Morgan fingerprint density at radius 1 is 0.472 bits per heavy atom. The summed E-state index contributed by atoms with van der Waals surface area (Å²) in [5.41, 5.74) is 6.18. The first-order valence-electron chi connectivity index (χ1n) is 13.7. The molecule has 0 unspecified atom stereocenters. The molecule has 0 bridgehead atoms. The number of aromatic hydroxyl groups is 2. The first kappa shape index (κ1) is 30.3. The summed E-state index contributed by atoms with van der Waals surface area (Å²) in [7, 11) is 0. The minimum Gasteiger partial charge on any atom is -0.507 e. The lowest BCUT2D eigenvalue weighted by Gasteiger charge is -2.34. The lowest BCUT2D eigenvalue weighted by molar-refractivity contribution is 0.304. The molecule has 2 nitrogen and oxygen atoms in total. The van der Waals surface area contributed by atoms with Crippen molar-refractivity contribution >= 4 is 0 Å². The summed E-state index contributed by atoms with van der Waals surface area (Å²) in [6.07, 6.45) is 2.92. The third-order valence-corrected chi connectivity index (χ3v) is 7.69. The van der Waals surface area contributed by atoms with Crippen LogP contribution in [-0.2, 0) is 34.5 Å². The van der Waals surface area contributed by atoms with Gasteiger partial charge in [0.2, 0.25) is 0 Å². The Balaban J connectivity index is 2.63. The van der Waals surface area contributed by atoms with E-state index in [4.69, 9.17) is 0 Å². The molecule has 0 saturated heterocycles. The standard InChI is InChI=1S/C34H54O2/c1-15-34(14,20-22-16-24(30(2,3)4)28(35)25(17-22)31(5,6)7)21-23-18-26(32(8,9)10)29(36)27(19-23)33(11,12)13/h16-19,35-36H,15,20-21H2,1-14H3. The first-order chi connectivity index (χ1) is 16.0. The molecule has 2 rings (SSSR count). The number of phenols is 2. The van der Waals surface area contributed by atoms with E-state index in [-0.39, 0.29) is 27.1 Å². The van der Waals surface area contributed by atoms with Gasteiger partial charge in [-0.25, -0.2) is 0 Å². The van der Waals surface area contributed by atoms with E-state index in [1.807, 2.05) is 0 Å². The van der Waals surface area contributed by atoms with Gasteiger partial charge in [-0.1, -0.05) is 128 Å². The van der Waals surface area contributed by atoms with Gasteiger partial charge in [-0.05, 0) is 73.3 Å². The number of benzene rings is 2. The zero-order valence-electron chi connectivity index (χ0n) is 25.8. The Labute approximate surface area is 222 Å². The van der Waals surface area contributed by atoms with Crippen molar-refractivity contribution in [3.05, 3.63) is 57.6 Å². The number of hydrogen-bond acceptors (Lipinski definition) is 2. The normalized spacial score (nSPS) is 13.8. The fourth-order valence-electron chi connectivity index (χ4n) is 5.18. The quantitative estimate of drug-likeness (QED) is 0.434. The molecule has 0 radical (unpaired) electrons. The Hall–Kier alpha value is -1.96. The van der Waals surface area contributed by atoms with Crippen LogP contribution in [0.15, 0.2) is 24.3 Å². The molecule has 0 fully saturated rings. The van der Waals surface area contributed by atoms with Gasteiger partial charge < -0.3 is 10.2 Å². The molecular formula is C34H54O2. The van der Waals surface area contributed by atoms with E-state index in [1.165, 1.54) is 11.1 Å². The molecule has 0 saturated carbocycles. The van der Waals surface area contributed by atoms with E-state index >= 15 is 0 Å². The molecule has 0 heterocycles. The maximum atomic E-state index is 11.2. The van der Waals surface area contributed by atoms with Crippen molar-refractivity contribution in [1.29, 1.82) is 0 Å². The molecule has 2 heteroatoms. The molecule has 0 aliphatic heterocycles. The maximum absolute atomic E-state index is 11.2. The SMILES string of the molecule is CCC(C)(Cc1cc(C(C)(C)C)c(O)c(C(C)(C)C)c1)Cc1cc(C(C)(C)C)c(O)c(C(C)(C)C)c1. The number of phenolic OH excluding ortho intramolecular Hbond substituents is 2. The van der Waals surface area contributed by atoms with E-state index in [1.54, 1.807) is 0 Å². The van der Waals surface area contributed by atoms with Gasteiger partial charge in [-0.3, -0.25) is 0 Å². The molecule has 0 aromatic heterocycles. The van der Waals surface area contributed by atoms with Gasteiger partial charge in [0.1, 0.15) is 11.5 Å². The maximum Gasteiger partial charge on any atom is 0.123 e. The monoisotopic (exact) mass is 494 g/mol. The highest BCUT2D eigenvalue weighted by Crippen LogP contribution is 2.44. The molecule has 2 aromatic carbocycles. The van der Waals surface area contributed by atoms with Crippen LogP contribution in [0.3, 0.4) is 0 Å². The Morgan fingerprint density at radius 2 is 0.694 bits per heavy atom. The van der Waals surface area contributed by atoms with Crippen LogP contribution >= 0.6 is 0 Å². The second-order valence-electron chi connectivity index (χ2n) is 15.6. The van der Waals surface area contributed by atoms with Crippen LogP contribution in [0.1, 0.15) is 137 Å². The summed E-state index contributed by atoms with van der Waals surface area (Å²) in [6.45, 7) is 30.8. The van der Waals surface area contributed by atoms with Crippen LogP contribution in [0.5, 0.6) is 11.5 Å². The van der Waals surface area contributed by atoms with E-state index in [2.05, 4.69) is 121 Å². The summed E-state index contributed by atoms with van der Waals surface area (Å²) in [5, 5.41) is 22.4. The van der Waals surface area contributed by atoms with Crippen molar-refractivity contribution in [3.63, 3.8) is 0 Å². The van der Waals surface area contributed by atoms with Crippen LogP contribution in [-0.4, -0.2) is 10.2 Å². The van der Waals surface area contributed by atoms with Gasteiger partial charge >= 0.3 is 0 Å². The fraction of sp³-hybridized carbons (Fsp3) is 0.647. The summed E-state index contributed by atoms with van der Waals surface area (Å²) in [6, 6.07) is 8.93. The highest BCUT2D eigenvalue weighted by Gasteiger charge is 2.31. The van der Waals surface area contributed by atoms with Crippen LogP contribution in [0.25, 0.3) is 0 Å². The van der Waals surface area contributed by atoms with Gasteiger partial charge in [-0.15, -0.1) is 0 Å². The fourth-order valence-corrected chi connectivity index (χ4v) is 5.18. The summed E-state index contributed by atoms with van der Waals surface area (Å²) < 4.78 is 0. The predicted octanol–water partition coefficient (Wildman–Crippen LogP) is 9.49. The molecule has 0 atom stereocenters. The summed E-state index contributed by atoms with van der Waals surface area (Å²) in [4.78, 5) is 0. The summed E-state index contributed by atoms with van der Waals surface area (Å²) >= 11 is 0. The van der Waals surface area contributed by atoms with Crippen molar-refractivity contribution in [2.24, 2.45) is 5.41 Å². The predicted molar refractivity (Wildman–Crippen MR) is 157 cm³/mol. The highest BCUT2D eigenvalue weighted by atomic mass is 16.3. The second-order valence-corrected chi connectivity index (χ2v) is 15.6. The molecule has 2 aromatic rings.